The second-order valence-electron chi connectivity index (χ2n) is 8.06. The third-order valence-corrected chi connectivity index (χ3v) is 7.73. The highest BCUT2D eigenvalue weighted by molar-refractivity contribution is 7.92. The maximum atomic E-state index is 13.4. The number of sulfonamides is 1. The Bertz CT molecular complexity index is 1300. The molecule has 0 spiro atoms. The van der Waals surface area contributed by atoms with Crippen molar-refractivity contribution in [2.24, 2.45) is 5.10 Å². The average Bonchev–Trinajstić information content (AvgIpc) is 2.80. The summed E-state index contributed by atoms with van der Waals surface area (Å²) in [6.07, 6.45) is 1.58. The van der Waals surface area contributed by atoms with Gasteiger partial charge < -0.3 is 0 Å². The lowest BCUT2D eigenvalue weighted by Crippen LogP contribution is -2.40. The Labute approximate surface area is 196 Å². The minimum atomic E-state index is -3.96. The fraction of sp³-hybridized carbons (Fsp3) is 0.231. The topological polar surface area (TPSA) is 78.8 Å². The van der Waals surface area contributed by atoms with Gasteiger partial charge in [-0.25, -0.2) is 13.8 Å². The van der Waals surface area contributed by atoms with Crippen molar-refractivity contribution in [3.63, 3.8) is 0 Å². The van der Waals surface area contributed by atoms with E-state index >= 15 is 0 Å². The summed E-state index contributed by atoms with van der Waals surface area (Å²) >= 11 is 0. The predicted octanol–water partition coefficient (Wildman–Crippen LogP) is 4.57. The molecule has 3 aromatic rings. The van der Waals surface area contributed by atoms with Gasteiger partial charge in [0.1, 0.15) is 6.54 Å². The number of aryl methyl sites for hydroxylation is 2. The van der Waals surface area contributed by atoms with Crippen molar-refractivity contribution in [1.29, 1.82) is 0 Å². The first-order chi connectivity index (χ1) is 15.6. The van der Waals surface area contributed by atoms with Crippen LogP contribution in [0.1, 0.15) is 33.4 Å². The molecule has 0 radical (unpaired) electrons. The average molecular weight is 464 g/mol. The Hall–Kier alpha value is -3.45. The molecule has 1 N–H and O–H groups in total. The fourth-order valence-electron chi connectivity index (χ4n) is 3.48. The summed E-state index contributed by atoms with van der Waals surface area (Å²) in [6.45, 7) is 9.43. The Morgan fingerprint density at radius 3 is 2.21 bits per heavy atom. The molecule has 0 unspecified atom stereocenters. The Balaban J connectivity index is 1.88. The normalized spacial score (nSPS) is 11.5. The summed E-state index contributed by atoms with van der Waals surface area (Å²) in [5.41, 5.74) is 8.98. The van der Waals surface area contributed by atoms with Crippen LogP contribution in [0.15, 0.2) is 70.7 Å². The molecule has 0 fully saturated rings. The molecule has 0 aliphatic rings. The van der Waals surface area contributed by atoms with Crippen molar-refractivity contribution in [2.75, 3.05) is 10.8 Å². The van der Waals surface area contributed by atoms with Gasteiger partial charge >= 0.3 is 0 Å². The Morgan fingerprint density at radius 1 is 0.848 bits per heavy atom. The van der Waals surface area contributed by atoms with E-state index in [4.69, 9.17) is 0 Å². The van der Waals surface area contributed by atoms with Crippen molar-refractivity contribution in [1.82, 2.24) is 5.43 Å². The molecule has 3 aromatic carbocycles. The minimum absolute atomic E-state index is 0.118. The number of anilines is 1. The van der Waals surface area contributed by atoms with Gasteiger partial charge in [-0.1, -0.05) is 42.5 Å². The van der Waals surface area contributed by atoms with Crippen LogP contribution in [0, 0.1) is 34.6 Å². The van der Waals surface area contributed by atoms with Crippen molar-refractivity contribution in [3.8, 4) is 0 Å². The van der Waals surface area contributed by atoms with Crippen LogP contribution in [0.5, 0.6) is 0 Å². The molecule has 0 saturated heterocycles. The number of benzene rings is 3. The molecule has 6 nitrogen and oxygen atoms in total. The number of nitrogens with one attached hydrogen (secondary N) is 1. The number of amides is 1. The van der Waals surface area contributed by atoms with Crippen LogP contribution in [0.25, 0.3) is 0 Å². The van der Waals surface area contributed by atoms with Gasteiger partial charge in [-0.2, -0.15) is 5.10 Å². The van der Waals surface area contributed by atoms with Gasteiger partial charge in [0.15, 0.2) is 0 Å². The summed E-state index contributed by atoms with van der Waals surface area (Å²) < 4.78 is 28.0. The standard InChI is InChI=1S/C26H29N3O3S/c1-18-10-9-13-25(21(18)4)29(33(31,32)24-11-7-6-8-12-24)17-26(30)28-27-16-23-15-14-19(2)20(3)22(23)5/h6-16H,17H2,1-5H3,(H,28,30)/b27-16-. The molecule has 7 heteroatoms. The number of hydrogen-bond acceptors (Lipinski definition) is 4. The van der Waals surface area contributed by atoms with E-state index in [1.807, 2.05) is 52.8 Å². The first-order valence-corrected chi connectivity index (χ1v) is 12.1. The summed E-state index contributed by atoms with van der Waals surface area (Å²) in [7, 11) is -3.96. The lowest BCUT2D eigenvalue weighted by molar-refractivity contribution is -0.119. The largest absolute Gasteiger partial charge is 0.271 e. The zero-order valence-corrected chi connectivity index (χ0v) is 20.4. The van der Waals surface area contributed by atoms with Gasteiger partial charge in [0.25, 0.3) is 15.9 Å². The number of rotatable bonds is 7. The number of nitrogens with zero attached hydrogens (tertiary/aromatic N) is 2. The van der Waals surface area contributed by atoms with E-state index in [9.17, 15) is 13.2 Å². The van der Waals surface area contributed by atoms with Gasteiger partial charge in [0, 0.05) is 0 Å². The zero-order chi connectivity index (χ0) is 24.2. The first-order valence-electron chi connectivity index (χ1n) is 10.7. The Kier molecular flexibility index (Phi) is 7.33. The van der Waals surface area contributed by atoms with Crippen LogP contribution in [-0.4, -0.2) is 27.1 Å². The predicted molar refractivity (Wildman–Crippen MR) is 133 cm³/mol. The van der Waals surface area contributed by atoms with E-state index in [1.54, 1.807) is 36.5 Å². The molecular formula is C26H29N3O3S. The van der Waals surface area contributed by atoms with E-state index in [0.29, 0.717) is 5.69 Å². The summed E-state index contributed by atoms with van der Waals surface area (Å²) in [5, 5.41) is 4.07. The third-order valence-electron chi connectivity index (χ3n) is 5.96. The fourth-order valence-corrected chi connectivity index (χ4v) is 4.98. The van der Waals surface area contributed by atoms with E-state index in [1.165, 1.54) is 23.3 Å². The number of carbonyl (C=O) groups is 1. The maximum Gasteiger partial charge on any atom is 0.264 e. The summed E-state index contributed by atoms with van der Waals surface area (Å²) in [6, 6.07) is 17.4. The van der Waals surface area contributed by atoms with Crippen LogP contribution in [0.3, 0.4) is 0 Å². The highest BCUT2D eigenvalue weighted by Crippen LogP contribution is 2.28. The molecule has 0 atom stereocenters. The molecule has 0 aliphatic heterocycles. The van der Waals surface area contributed by atoms with Crippen LogP contribution < -0.4 is 9.73 Å². The van der Waals surface area contributed by atoms with Gasteiger partial charge in [0.2, 0.25) is 0 Å². The highest BCUT2D eigenvalue weighted by Gasteiger charge is 2.28. The summed E-state index contributed by atoms with van der Waals surface area (Å²) in [5.74, 6) is -0.534. The van der Waals surface area contributed by atoms with E-state index < -0.39 is 22.5 Å². The lowest BCUT2D eigenvalue weighted by Gasteiger charge is -2.26. The van der Waals surface area contributed by atoms with Crippen LogP contribution in [-0.2, 0) is 14.8 Å². The number of hydrazone groups is 1. The third kappa shape index (κ3) is 5.31. The minimum Gasteiger partial charge on any atom is -0.271 e. The maximum absolute atomic E-state index is 13.4. The van der Waals surface area contributed by atoms with Gasteiger partial charge in [-0.15, -0.1) is 0 Å². The Morgan fingerprint density at radius 2 is 1.52 bits per heavy atom. The smallest absolute Gasteiger partial charge is 0.264 e. The molecule has 1 amide bonds. The van der Waals surface area contributed by atoms with Gasteiger partial charge in [-0.3, -0.25) is 9.10 Å². The molecule has 0 saturated carbocycles. The zero-order valence-electron chi connectivity index (χ0n) is 19.6. The molecule has 0 aromatic heterocycles. The molecule has 0 bridgehead atoms. The van der Waals surface area contributed by atoms with Gasteiger partial charge in [0.05, 0.1) is 16.8 Å². The van der Waals surface area contributed by atoms with Crippen LogP contribution in [0.2, 0.25) is 0 Å². The molecule has 172 valence electrons. The SMILES string of the molecule is Cc1cccc(N(CC(=O)N/N=C\c2ccc(C)c(C)c2C)S(=O)(=O)c2ccccc2)c1C. The van der Waals surface area contributed by atoms with Gasteiger partial charge in [-0.05, 0) is 86.2 Å². The van der Waals surface area contributed by atoms with E-state index in [-0.39, 0.29) is 4.90 Å². The van der Waals surface area contributed by atoms with Crippen molar-refractivity contribution in [3.05, 3.63) is 94.0 Å². The molecule has 33 heavy (non-hydrogen) atoms. The lowest BCUT2D eigenvalue weighted by atomic mass is 10.00. The highest BCUT2D eigenvalue weighted by atomic mass is 32.2. The first kappa shape index (κ1) is 24.2. The van der Waals surface area contributed by atoms with Crippen molar-refractivity contribution < 1.29 is 13.2 Å². The molecule has 0 heterocycles. The van der Waals surface area contributed by atoms with E-state index in [2.05, 4.69) is 10.5 Å². The molecule has 3 rings (SSSR count). The number of carbonyl (C=O) groups excluding carboxylic acids is 1. The monoisotopic (exact) mass is 463 g/mol. The molecular weight excluding hydrogens is 434 g/mol. The summed E-state index contributed by atoms with van der Waals surface area (Å²) in [4.78, 5) is 12.9. The number of hydrogen-bond donors (Lipinski definition) is 1. The second-order valence-corrected chi connectivity index (χ2v) is 9.92. The molecule has 0 aliphatic carbocycles. The van der Waals surface area contributed by atoms with Crippen molar-refractivity contribution in [2.45, 2.75) is 39.5 Å². The quantitative estimate of drug-likeness (QED) is 0.412. The van der Waals surface area contributed by atoms with Crippen LogP contribution >= 0.6 is 0 Å². The second kappa shape index (κ2) is 10.0. The van der Waals surface area contributed by atoms with Crippen LogP contribution in [0.4, 0.5) is 5.69 Å². The van der Waals surface area contributed by atoms with Crippen molar-refractivity contribution >= 4 is 27.8 Å². The van der Waals surface area contributed by atoms with E-state index in [0.717, 1.165) is 26.6 Å².